The minimum atomic E-state index is -0.0570. The van der Waals surface area contributed by atoms with Gasteiger partial charge < -0.3 is 15.5 Å². The van der Waals surface area contributed by atoms with E-state index in [1.54, 1.807) is 6.92 Å². The van der Waals surface area contributed by atoms with Crippen molar-refractivity contribution in [3.05, 3.63) is 95.0 Å². The normalized spacial score (nSPS) is 17.8. The molecule has 2 unspecified atom stereocenters. The van der Waals surface area contributed by atoms with Crippen molar-refractivity contribution in [3.63, 3.8) is 0 Å². The van der Waals surface area contributed by atoms with Gasteiger partial charge in [-0.25, -0.2) is 0 Å². The molecule has 2 atom stereocenters. The Bertz CT molecular complexity index is 1020. The fourth-order valence-electron chi connectivity index (χ4n) is 4.53. The Balaban J connectivity index is 1.56. The summed E-state index contributed by atoms with van der Waals surface area (Å²) < 4.78 is 0. The number of nitrogens with one attached hydrogen (secondary N) is 2. The van der Waals surface area contributed by atoms with Crippen LogP contribution >= 0.6 is 11.6 Å². The summed E-state index contributed by atoms with van der Waals surface area (Å²) in [6.07, 6.45) is 1.08. The fourth-order valence-corrected chi connectivity index (χ4v) is 4.65. The monoisotopic (exact) mass is 447 g/mol. The number of nitrogens with zero attached hydrogens (tertiary/aromatic N) is 1. The smallest absolute Gasteiger partial charge is 0.221 e. The van der Waals surface area contributed by atoms with E-state index in [1.165, 1.54) is 5.56 Å². The summed E-state index contributed by atoms with van der Waals surface area (Å²) in [5.74, 6) is 1.05. The molecule has 0 aromatic heterocycles. The summed E-state index contributed by atoms with van der Waals surface area (Å²) in [4.78, 5) is 14.1. The number of carbonyl (C=O) groups is 1. The first-order valence-corrected chi connectivity index (χ1v) is 11.6. The standard InChI is InChI=1S/C27H30ClN3O/c1-20(32)30-27-10-6-5-9-22(27)18-31(26-13-11-25(28)12-14-26)19-24-17-29-16-23(24)15-21-7-3-2-4-8-21/h2-14,23-24,29H,15-19H2,1H3,(H,30,32). The van der Waals surface area contributed by atoms with Gasteiger partial charge in [0.25, 0.3) is 0 Å². The molecule has 0 aliphatic carbocycles. The molecule has 0 saturated carbocycles. The maximum Gasteiger partial charge on any atom is 0.221 e. The molecule has 0 radical (unpaired) electrons. The quantitative estimate of drug-likeness (QED) is 0.487. The molecule has 3 aromatic rings. The predicted molar refractivity (Wildman–Crippen MR) is 133 cm³/mol. The van der Waals surface area contributed by atoms with Crippen molar-refractivity contribution in [1.29, 1.82) is 0 Å². The van der Waals surface area contributed by atoms with Crippen LogP contribution < -0.4 is 15.5 Å². The first-order valence-electron chi connectivity index (χ1n) is 11.2. The van der Waals surface area contributed by atoms with Crippen LogP contribution in [0.5, 0.6) is 0 Å². The van der Waals surface area contributed by atoms with Crippen LogP contribution in [0.1, 0.15) is 18.1 Å². The molecule has 5 heteroatoms. The van der Waals surface area contributed by atoms with Crippen LogP contribution in [0, 0.1) is 11.8 Å². The van der Waals surface area contributed by atoms with Crippen molar-refractivity contribution in [2.24, 2.45) is 11.8 Å². The first-order chi connectivity index (χ1) is 15.6. The van der Waals surface area contributed by atoms with E-state index in [-0.39, 0.29) is 5.91 Å². The molecule has 4 rings (SSSR count). The third-order valence-corrected chi connectivity index (χ3v) is 6.41. The van der Waals surface area contributed by atoms with Gasteiger partial charge >= 0.3 is 0 Å². The highest BCUT2D eigenvalue weighted by Gasteiger charge is 2.29. The average molecular weight is 448 g/mol. The van der Waals surface area contributed by atoms with E-state index in [4.69, 9.17) is 11.6 Å². The van der Waals surface area contributed by atoms with E-state index in [2.05, 4.69) is 64.1 Å². The van der Waals surface area contributed by atoms with E-state index < -0.39 is 0 Å². The molecule has 0 spiro atoms. The van der Waals surface area contributed by atoms with Gasteiger partial charge in [-0.05, 0) is 72.8 Å². The van der Waals surface area contributed by atoms with Crippen molar-refractivity contribution in [2.75, 3.05) is 29.9 Å². The molecule has 3 aromatic carbocycles. The Morgan fingerprint density at radius 3 is 2.41 bits per heavy atom. The molecular weight excluding hydrogens is 418 g/mol. The Hall–Kier alpha value is -2.82. The summed E-state index contributed by atoms with van der Waals surface area (Å²) in [6.45, 7) is 5.24. The van der Waals surface area contributed by atoms with Crippen LogP contribution in [-0.2, 0) is 17.8 Å². The third kappa shape index (κ3) is 5.90. The zero-order chi connectivity index (χ0) is 22.3. The fraction of sp³-hybridized carbons (Fsp3) is 0.296. The van der Waals surface area contributed by atoms with Gasteiger partial charge in [0.1, 0.15) is 0 Å². The number of rotatable bonds is 8. The van der Waals surface area contributed by atoms with Gasteiger partial charge in [0, 0.05) is 36.4 Å². The zero-order valence-corrected chi connectivity index (χ0v) is 19.2. The topological polar surface area (TPSA) is 44.4 Å². The van der Waals surface area contributed by atoms with Gasteiger partial charge in [-0.15, -0.1) is 0 Å². The molecule has 1 fully saturated rings. The number of anilines is 2. The second kappa shape index (κ2) is 10.7. The number of amides is 1. The highest BCUT2D eigenvalue weighted by atomic mass is 35.5. The summed E-state index contributed by atoms with van der Waals surface area (Å²) in [7, 11) is 0. The number of para-hydroxylation sites is 1. The molecule has 1 saturated heterocycles. The Kier molecular flexibility index (Phi) is 7.46. The Morgan fingerprint density at radius 1 is 0.969 bits per heavy atom. The van der Waals surface area contributed by atoms with Crippen molar-refractivity contribution >= 4 is 28.9 Å². The number of hydrogen-bond donors (Lipinski definition) is 2. The van der Waals surface area contributed by atoms with Gasteiger partial charge in [-0.3, -0.25) is 4.79 Å². The lowest BCUT2D eigenvalue weighted by molar-refractivity contribution is -0.114. The Morgan fingerprint density at radius 2 is 1.66 bits per heavy atom. The molecule has 1 aliphatic rings. The molecule has 32 heavy (non-hydrogen) atoms. The van der Waals surface area contributed by atoms with E-state index in [9.17, 15) is 4.79 Å². The molecular formula is C27H30ClN3O. The summed E-state index contributed by atoms with van der Waals surface area (Å²) in [5.41, 5.74) is 4.49. The molecule has 4 nitrogen and oxygen atoms in total. The molecule has 166 valence electrons. The minimum Gasteiger partial charge on any atom is -0.367 e. The molecule has 2 N–H and O–H groups in total. The lowest BCUT2D eigenvalue weighted by atomic mass is 9.89. The van der Waals surface area contributed by atoms with Crippen LogP contribution in [0.25, 0.3) is 0 Å². The lowest BCUT2D eigenvalue weighted by Crippen LogP contribution is -2.33. The molecule has 1 heterocycles. The largest absolute Gasteiger partial charge is 0.367 e. The maximum absolute atomic E-state index is 11.7. The highest BCUT2D eigenvalue weighted by molar-refractivity contribution is 6.30. The predicted octanol–water partition coefficient (Wildman–Crippen LogP) is 5.38. The van der Waals surface area contributed by atoms with Crippen molar-refractivity contribution in [3.8, 4) is 0 Å². The Labute approximate surface area is 195 Å². The number of halogens is 1. The second-order valence-electron chi connectivity index (χ2n) is 8.56. The first kappa shape index (κ1) is 22.4. The van der Waals surface area contributed by atoms with E-state index in [0.29, 0.717) is 18.4 Å². The summed E-state index contributed by atoms with van der Waals surface area (Å²) in [5, 5.41) is 7.31. The molecule has 1 amide bonds. The maximum atomic E-state index is 11.7. The molecule has 0 bridgehead atoms. The van der Waals surface area contributed by atoms with Gasteiger partial charge in [0.2, 0.25) is 5.91 Å². The third-order valence-electron chi connectivity index (χ3n) is 6.16. The van der Waals surface area contributed by atoms with Crippen LogP contribution in [0.4, 0.5) is 11.4 Å². The average Bonchev–Trinajstić information content (AvgIpc) is 3.22. The van der Waals surface area contributed by atoms with Crippen LogP contribution in [0.15, 0.2) is 78.9 Å². The number of carbonyl (C=O) groups excluding carboxylic acids is 1. The van der Waals surface area contributed by atoms with E-state index >= 15 is 0 Å². The van der Waals surface area contributed by atoms with Gasteiger partial charge in [-0.1, -0.05) is 60.1 Å². The van der Waals surface area contributed by atoms with Crippen LogP contribution in [-0.4, -0.2) is 25.5 Å². The minimum absolute atomic E-state index is 0.0570. The van der Waals surface area contributed by atoms with Crippen molar-refractivity contribution < 1.29 is 4.79 Å². The molecule has 1 aliphatic heterocycles. The second-order valence-corrected chi connectivity index (χ2v) is 9.00. The number of hydrogen-bond acceptors (Lipinski definition) is 3. The van der Waals surface area contributed by atoms with Gasteiger partial charge in [0.15, 0.2) is 0 Å². The summed E-state index contributed by atoms with van der Waals surface area (Å²) in [6, 6.07) is 26.8. The highest BCUT2D eigenvalue weighted by Crippen LogP contribution is 2.28. The summed E-state index contributed by atoms with van der Waals surface area (Å²) >= 11 is 6.17. The SMILES string of the molecule is CC(=O)Nc1ccccc1CN(CC1CNCC1Cc1ccccc1)c1ccc(Cl)cc1. The van der Waals surface area contributed by atoms with Crippen LogP contribution in [0.3, 0.4) is 0 Å². The van der Waals surface area contributed by atoms with Crippen molar-refractivity contribution in [1.82, 2.24) is 5.32 Å². The van der Waals surface area contributed by atoms with E-state index in [0.717, 1.165) is 48.0 Å². The van der Waals surface area contributed by atoms with Crippen LogP contribution in [0.2, 0.25) is 5.02 Å². The lowest BCUT2D eigenvalue weighted by Gasteiger charge is -2.31. The van der Waals surface area contributed by atoms with Gasteiger partial charge in [-0.2, -0.15) is 0 Å². The number of benzene rings is 3. The van der Waals surface area contributed by atoms with E-state index in [1.807, 2.05) is 30.3 Å². The van der Waals surface area contributed by atoms with Crippen molar-refractivity contribution in [2.45, 2.75) is 19.9 Å². The van der Waals surface area contributed by atoms with Gasteiger partial charge in [0.05, 0.1) is 0 Å². The zero-order valence-electron chi connectivity index (χ0n) is 18.4.